The van der Waals surface area contributed by atoms with E-state index in [1.54, 1.807) is 6.92 Å². The summed E-state index contributed by atoms with van der Waals surface area (Å²) in [5.74, 6) is -0.992. The number of amides is 1. The summed E-state index contributed by atoms with van der Waals surface area (Å²) in [6.45, 7) is 2.46. The number of nitrogens with one attached hydrogen (secondary N) is 1. The first kappa shape index (κ1) is 17.0. The summed E-state index contributed by atoms with van der Waals surface area (Å²) in [5.41, 5.74) is -0.0170. The van der Waals surface area contributed by atoms with Crippen molar-refractivity contribution in [1.29, 1.82) is 0 Å². The molecule has 1 aliphatic carbocycles. The van der Waals surface area contributed by atoms with E-state index in [1.807, 2.05) is 0 Å². The molecule has 2 N–H and O–H groups in total. The monoisotopic (exact) mass is 335 g/mol. The number of rotatable bonds is 4. The minimum Gasteiger partial charge on any atom is -0.478 e. The molecule has 2 heterocycles. The molecule has 1 amide bonds. The highest BCUT2D eigenvalue weighted by molar-refractivity contribution is 5.96. The largest absolute Gasteiger partial charge is 0.478 e. The fraction of sp³-hybridized carbons (Fsp3) is 0.667. The van der Waals surface area contributed by atoms with Gasteiger partial charge in [-0.1, -0.05) is 26.2 Å². The van der Waals surface area contributed by atoms with Crippen LogP contribution in [0.5, 0.6) is 0 Å². The molecule has 2 aliphatic rings. The standard InChI is InChI=1S/C18H25NO5/c1-2-14-13(17(21)22)10-15(24-14)16(20)19-12-6-9-23-18(11-12)7-4-3-5-8-18/h10,12H,2-9,11H2,1H3,(H,19,20)(H,21,22)/t12-/m0/s1. The summed E-state index contributed by atoms with van der Waals surface area (Å²) in [6.07, 6.45) is 7.78. The molecule has 6 nitrogen and oxygen atoms in total. The van der Waals surface area contributed by atoms with Gasteiger partial charge in [0.15, 0.2) is 5.76 Å². The number of carboxylic acids is 1. The Morgan fingerprint density at radius 1 is 1.33 bits per heavy atom. The first-order valence-electron chi connectivity index (χ1n) is 8.84. The van der Waals surface area contributed by atoms with Crippen molar-refractivity contribution in [1.82, 2.24) is 5.32 Å². The van der Waals surface area contributed by atoms with Gasteiger partial charge in [0.05, 0.1) is 5.60 Å². The highest BCUT2D eigenvalue weighted by Crippen LogP contribution is 2.38. The first-order chi connectivity index (χ1) is 11.5. The Kier molecular flexibility index (Phi) is 4.94. The molecule has 1 saturated heterocycles. The molecule has 6 heteroatoms. The smallest absolute Gasteiger partial charge is 0.339 e. The van der Waals surface area contributed by atoms with Crippen LogP contribution in [0.25, 0.3) is 0 Å². The lowest BCUT2D eigenvalue weighted by Gasteiger charge is -2.43. The van der Waals surface area contributed by atoms with Crippen LogP contribution in [0.15, 0.2) is 10.5 Å². The van der Waals surface area contributed by atoms with E-state index >= 15 is 0 Å². The van der Waals surface area contributed by atoms with Crippen molar-refractivity contribution in [3.8, 4) is 0 Å². The van der Waals surface area contributed by atoms with Crippen LogP contribution < -0.4 is 5.32 Å². The fourth-order valence-corrected chi connectivity index (χ4v) is 3.94. The van der Waals surface area contributed by atoms with E-state index in [-0.39, 0.29) is 28.9 Å². The van der Waals surface area contributed by atoms with Crippen LogP contribution >= 0.6 is 0 Å². The SMILES string of the molecule is CCc1oc(C(=O)N[C@H]2CCOC3(CCCCC3)C2)cc1C(=O)O. The van der Waals surface area contributed by atoms with E-state index in [0.29, 0.717) is 18.8 Å². The number of ether oxygens (including phenoxy) is 1. The predicted octanol–water partition coefficient (Wildman–Crippen LogP) is 3.15. The van der Waals surface area contributed by atoms with E-state index in [9.17, 15) is 14.7 Å². The zero-order valence-electron chi connectivity index (χ0n) is 14.1. The topological polar surface area (TPSA) is 88.8 Å². The van der Waals surface area contributed by atoms with Gasteiger partial charge < -0.3 is 19.6 Å². The molecule has 24 heavy (non-hydrogen) atoms. The first-order valence-corrected chi connectivity index (χ1v) is 8.84. The Morgan fingerprint density at radius 3 is 2.71 bits per heavy atom. The van der Waals surface area contributed by atoms with Crippen molar-refractivity contribution in [2.75, 3.05) is 6.61 Å². The van der Waals surface area contributed by atoms with Crippen molar-refractivity contribution in [2.45, 2.75) is 69.9 Å². The van der Waals surface area contributed by atoms with E-state index < -0.39 is 5.97 Å². The molecule has 1 saturated carbocycles. The van der Waals surface area contributed by atoms with Crippen LogP contribution in [0.2, 0.25) is 0 Å². The second-order valence-electron chi connectivity index (χ2n) is 6.86. The number of hydrogen-bond acceptors (Lipinski definition) is 4. The lowest BCUT2D eigenvalue weighted by molar-refractivity contribution is -0.108. The van der Waals surface area contributed by atoms with Gasteiger partial charge in [0.2, 0.25) is 0 Å². The normalized spacial score (nSPS) is 23.1. The van der Waals surface area contributed by atoms with Crippen LogP contribution in [0.1, 0.15) is 78.5 Å². The quantitative estimate of drug-likeness (QED) is 0.882. The van der Waals surface area contributed by atoms with Gasteiger partial charge in [0.25, 0.3) is 5.91 Å². The Bertz CT molecular complexity index is 609. The number of hydrogen-bond donors (Lipinski definition) is 2. The molecular formula is C18H25NO5. The van der Waals surface area contributed by atoms with E-state index in [1.165, 1.54) is 25.3 Å². The zero-order valence-corrected chi connectivity index (χ0v) is 14.1. The molecule has 2 fully saturated rings. The third kappa shape index (κ3) is 3.48. The molecule has 3 rings (SSSR count). The number of carboxylic acid groups (broad SMARTS) is 1. The molecule has 0 bridgehead atoms. The highest BCUT2D eigenvalue weighted by atomic mass is 16.5. The number of carbonyl (C=O) groups excluding carboxylic acids is 1. The average Bonchev–Trinajstić information content (AvgIpc) is 3.00. The van der Waals surface area contributed by atoms with Gasteiger partial charge in [-0.2, -0.15) is 0 Å². The van der Waals surface area contributed by atoms with Gasteiger partial charge >= 0.3 is 5.97 Å². The van der Waals surface area contributed by atoms with Crippen LogP contribution in [0, 0.1) is 0 Å². The summed E-state index contributed by atoms with van der Waals surface area (Å²) in [7, 11) is 0. The van der Waals surface area contributed by atoms with Crippen molar-refractivity contribution < 1.29 is 23.8 Å². The summed E-state index contributed by atoms with van der Waals surface area (Å²) >= 11 is 0. The number of furan rings is 1. The Hall–Kier alpha value is -1.82. The molecule has 0 unspecified atom stereocenters. The summed E-state index contributed by atoms with van der Waals surface area (Å²) < 4.78 is 11.5. The molecule has 132 valence electrons. The molecule has 1 aromatic rings. The number of aromatic carboxylic acids is 1. The Balaban J connectivity index is 1.67. The second kappa shape index (κ2) is 6.97. The van der Waals surface area contributed by atoms with Gasteiger partial charge in [0.1, 0.15) is 11.3 Å². The van der Waals surface area contributed by atoms with Crippen LogP contribution in [0.3, 0.4) is 0 Å². The zero-order chi connectivity index (χ0) is 17.2. The molecule has 1 atom stereocenters. The van der Waals surface area contributed by atoms with Gasteiger partial charge in [-0.05, 0) is 25.7 Å². The molecule has 1 spiro atoms. The van der Waals surface area contributed by atoms with Gasteiger partial charge in [-0.3, -0.25) is 4.79 Å². The van der Waals surface area contributed by atoms with Crippen LogP contribution in [-0.2, 0) is 11.2 Å². The average molecular weight is 335 g/mol. The summed E-state index contributed by atoms with van der Waals surface area (Å²) in [6, 6.07) is 1.37. The van der Waals surface area contributed by atoms with Crippen LogP contribution in [0.4, 0.5) is 0 Å². The molecule has 1 aromatic heterocycles. The molecule has 0 radical (unpaired) electrons. The maximum atomic E-state index is 12.4. The van der Waals surface area contributed by atoms with Crippen molar-refractivity contribution in [3.05, 3.63) is 23.2 Å². The minimum absolute atomic E-state index is 0.0489. The molecule has 0 aromatic carbocycles. The molecule has 1 aliphatic heterocycles. The van der Waals surface area contributed by atoms with E-state index in [0.717, 1.165) is 25.7 Å². The third-order valence-electron chi connectivity index (χ3n) is 5.18. The van der Waals surface area contributed by atoms with Gasteiger partial charge in [-0.25, -0.2) is 4.79 Å². The number of carbonyl (C=O) groups is 2. The maximum absolute atomic E-state index is 12.4. The van der Waals surface area contributed by atoms with Crippen molar-refractivity contribution >= 4 is 11.9 Å². The van der Waals surface area contributed by atoms with Crippen LogP contribution in [-0.4, -0.2) is 35.2 Å². The van der Waals surface area contributed by atoms with E-state index in [2.05, 4.69) is 5.32 Å². The lowest BCUT2D eigenvalue weighted by atomic mass is 9.78. The summed E-state index contributed by atoms with van der Waals surface area (Å²) in [5, 5.41) is 12.2. The third-order valence-corrected chi connectivity index (χ3v) is 5.18. The second-order valence-corrected chi connectivity index (χ2v) is 6.86. The Labute approximate surface area is 141 Å². The fourth-order valence-electron chi connectivity index (χ4n) is 3.94. The summed E-state index contributed by atoms with van der Waals surface area (Å²) in [4.78, 5) is 23.7. The van der Waals surface area contributed by atoms with Gasteiger partial charge in [-0.15, -0.1) is 0 Å². The molecular weight excluding hydrogens is 310 g/mol. The van der Waals surface area contributed by atoms with Crippen molar-refractivity contribution in [3.63, 3.8) is 0 Å². The predicted molar refractivity (Wildman–Crippen MR) is 87.3 cm³/mol. The highest BCUT2D eigenvalue weighted by Gasteiger charge is 2.39. The number of aryl methyl sites for hydroxylation is 1. The van der Waals surface area contributed by atoms with Gasteiger partial charge in [0, 0.05) is 25.1 Å². The van der Waals surface area contributed by atoms with Crippen molar-refractivity contribution in [2.24, 2.45) is 0 Å². The minimum atomic E-state index is -1.07. The Morgan fingerprint density at radius 2 is 2.08 bits per heavy atom. The van der Waals surface area contributed by atoms with E-state index in [4.69, 9.17) is 9.15 Å². The lowest BCUT2D eigenvalue weighted by Crippen LogP contribution is -2.49. The maximum Gasteiger partial charge on any atom is 0.339 e.